The highest BCUT2D eigenvalue weighted by molar-refractivity contribution is 7.33. The minimum Gasteiger partial charge on any atom is -0.466 e. The number of hydrogen-bond donors (Lipinski definition) is 4. The van der Waals surface area contributed by atoms with Crippen LogP contribution < -0.4 is 10.1 Å². The highest BCUT2D eigenvalue weighted by Gasteiger charge is 2.43. The minimum atomic E-state index is -3.74. The van der Waals surface area contributed by atoms with Gasteiger partial charge in [0.15, 0.2) is 6.10 Å². The fourth-order valence-corrected chi connectivity index (χ4v) is 6.66. The Morgan fingerprint density at radius 3 is 2.27 bits per heavy atom. The number of halogens is 2. The van der Waals surface area contributed by atoms with Crippen molar-refractivity contribution >= 4 is 40.4 Å². The quantitative estimate of drug-likeness (QED) is 0.0346. The molecule has 0 spiro atoms. The fourth-order valence-electron chi connectivity index (χ4n) is 5.74. The summed E-state index contributed by atoms with van der Waals surface area (Å²) in [6.07, 6.45) is 2.42. The van der Waals surface area contributed by atoms with Gasteiger partial charge in [-0.3, -0.25) is 32.6 Å². The van der Waals surface area contributed by atoms with E-state index in [2.05, 4.69) is 14.4 Å². The molecule has 2 aromatic rings. The maximum atomic E-state index is 15.9. The first-order valence-electron chi connectivity index (χ1n) is 18.0. The topological polar surface area (TPSA) is 225 Å². The average Bonchev–Trinajstić information content (AvgIpc) is 3.48. The number of unbranched alkanes of at least 4 members (excludes halogenated alkanes) is 3. The SMILES string of the molecule is CCOC(=O)CCCCCCN1C(=O)CC[C@@H]1/C=C/[C@@H](OC(=O)Cc1ccc(OC(=O)NCCCC(O)(O[PH](=O)O)O[PH](=O)O)cc1)C(F)(F)c1ccccc1. The molecule has 1 aliphatic rings. The number of rotatable bonds is 24. The smallest absolute Gasteiger partial charge is 0.412 e. The van der Waals surface area contributed by atoms with E-state index in [1.165, 1.54) is 54.6 Å². The van der Waals surface area contributed by atoms with Crippen LogP contribution in [0.1, 0.15) is 75.8 Å². The molecule has 0 saturated carbocycles. The zero-order valence-electron chi connectivity index (χ0n) is 30.7. The molecule has 0 aliphatic carbocycles. The summed E-state index contributed by atoms with van der Waals surface area (Å²) in [5, 5.41) is 12.3. The molecule has 16 nitrogen and oxygen atoms in total. The van der Waals surface area contributed by atoms with Gasteiger partial charge in [0.25, 0.3) is 5.97 Å². The number of carbonyl (C=O) groups excluding carboxylic acids is 4. The molecule has 2 aromatic carbocycles. The lowest BCUT2D eigenvalue weighted by atomic mass is 10.0. The number of likely N-dealkylation sites (tertiary alicyclic amines) is 1. The van der Waals surface area contributed by atoms with Gasteiger partial charge in [0.1, 0.15) is 5.75 Å². The van der Waals surface area contributed by atoms with E-state index >= 15 is 8.78 Å². The first-order valence-corrected chi connectivity index (χ1v) is 20.5. The second-order valence-electron chi connectivity index (χ2n) is 12.6. The monoisotopic (exact) mass is 832 g/mol. The Balaban J connectivity index is 1.57. The molecule has 1 saturated heterocycles. The van der Waals surface area contributed by atoms with Gasteiger partial charge in [0, 0.05) is 37.9 Å². The summed E-state index contributed by atoms with van der Waals surface area (Å²) in [5.41, 5.74) is -0.0133. The summed E-state index contributed by atoms with van der Waals surface area (Å²) in [6.45, 7) is 2.31. The standard InChI is InChI=1S/C36H48F2N2O14P2/c1-2-50-32(42)13-8-3-4-9-24-40-28(17-21-31(40)41)16-20-30(36(37,38)27-11-6-5-7-12-27)52-33(43)25-26-14-18-29(19-15-26)51-34(44)39-23-10-22-35(45,53-55(46)47)54-56(48)49/h5-7,11-12,14-16,18-20,28,30,45,55-56H,2-4,8-10,13,17,21-25H2,1H3,(H,39,44)(H,46,47)(H,48,49)/b20-16+/t28-,30+/m0/s1. The van der Waals surface area contributed by atoms with Gasteiger partial charge in [0.05, 0.1) is 19.1 Å². The number of aliphatic hydroxyl groups is 1. The third-order valence-electron chi connectivity index (χ3n) is 8.41. The van der Waals surface area contributed by atoms with E-state index in [1.54, 1.807) is 17.9 Å². The second-order valence-corrected chi connectivity index (χ2v) is 14.1. The van der Waals surface area contributed by atoms with Crippen molar-refractivity contribution in [3.8, 4) is 5.75 Å². The lowest BCUT2D eigenvalue weighted by Gasteiger charge is -2.27. The highest BCUT2D eigenvalue weighted by atomic mass is 31.1. The summed E-state index contributed by atoms with van der Waals surface area (Å²) in [5.74, 6) is -7.72. The molecule has 1 fully saturated rings. The van der Waals surface area contributed by atoms with Crippen molar-refractivity contribution in [3.05, 3.63) is 77.9 Å². The van der Waals surface area contributed by atoms with Gasteiger partial charge in [-0.25, -0.2) is 4.79 Å². The molecular weight excluding hydrogens is 784 g/mol. The number of nitrogens with one attached hydrogen (secondary N) is 1. The Morgan fingerprint density at radius 1 is 0.964 bits per heavy atom. The first kappa shape index (κ1) is 46.4. The van der Waals surface area contributed by atoms with Crippen LogP contribution in [-0.4, -0.2) is 81.5 Å². The van der Waals surface area contributed by atoms with E-state index in [0.717, 1.165) is 18.9 Å². The summed E-state index contributed by atoms with van der Waals surface area (Å²) < 4.78 is 77.6. The number of benzene rings is 2. The molecule has 56 heavy (non-hydrogen) atoms. The zero-order valence-corrected chi connectivity index (χ0v) is 32.7. The Bertz CT molecular complexity index is 1650. The van der Waals surface area contributed by atoms with Crippen LogP contribution >= 0.6 is 16.5 Å². The van der Waals surface area contributed by atoms with Gasteiger partial charge in [-0.1, -0.05) is 61.4 Å². The van der Waals surface area contributed by atoms with E-state index < -0.39 is 65.5 Å². The summed E-state index contributed by atoms with van der Waals surface area (Å²) >= 11 is 0. The average molecular weight is 833 g/mol. The molecule has 4 atom stereocenters. The summed E-state index contributed by atoms with van der Waals surface area (Å²) in [4.78, 5) is 68.8. The zero-order chi connectivity index (χ0) is 41.1. The summed E-state index contributed by atoms with van der Waals surface area (Å²) in [6, 6.07) is 12.0. The van der Waals surface area contributed by atoms with Gasteiger partial charge in [0.2, 0.25) is 5.91 Å². The van der Waals surface area contributed by atoms with E-state index in [-0.39, 0.29) is 42.6 Å². The van der Waals surface area contributed by atoms with Crippen LogP contribution in [0.15, 0.2) is 66.7 Å². The van der Waals surface area contributed by atoms with E-state index in [1.807, 2.05) is 0 Å². The molecule has 0 radical (unpaired) electrons. The van der Waals surface area contributed by atoms with Crippen molar-refractivity contribution in [1.29, 1.82) is 0 Å². The molecule has 1 aliphatic heterocycles. The largest absolute Gasteiger partial charge is 0.466 e. The van der Waals surface area contributed by atoms with E-state index in [9.17, 15) is 33.4 Å². The Labute approximate surface area is 324 Å². The van der Waals surface area contributed by atoms with Crippen molar-refractivity contribution in [2.45, 2.75) is 95.2 Å². The molecule has 2 amide bonds. The van der Waals surface area contributed by atoms with Crippen molar-refractivity contribution in [3.63, 3.8) is 0 Å². The van der Waals surface area contributed by atoms with Gasteiger partial charge < -0.3 is 39.3 Å². The lowest BCUT2D eigenvalue weighted by molar-refractivity contribution is -0.277. The number of amides is 2. The molecule has 310 valence electrons. The van der Waals surface area contributed by atoms with Crippen LogP contribution in [0.25, 0.3) is 0 Å². The number of carbonyl (C=O) groups is 4. The van der Waals surface area contributed by atoms with Gasteiger partial charge in [-0.15, -0.1) is 0 Å². The third-order valence-corrected chi connectivity index (χ3v) is 9.39. The van der Waals surface area contributed by atoms with Gasteiger partial charge in [-0.2, -0.15) is 8.78 Å². The van der Waals surface area contributed by atoms with Crippen molar-refractivity contribution < 1.29 is 75.2 Å². The number of hydrogen-bond acceptors (Lipinski definition) is 12. The lowest BCUT2D eigenvalue weighted by Crippen LogP contribution is -2.36. The first-order chi connectivity index (χ1) is 26.6. The van der Waals surface area contributed by atoms with Crippen molar-refractivity contribution in [2.75, 3.05) is 19.7 Å². The number of ether oxygens (including phenoxy) is 3. The maximum absolute atomic E-state index is 15.9. The minimum absolute atomic E-state index is 0.0457. The predicted octanol–water partition coefficient (Wildman–Crippen LogP) is 5.31. The molecular formula is C36H48F2N2O14P2. The normalized spacial score (nSPS) is 17.2. The van der Waals surface area contributed by atoms with E-state index in [0.29, 0.717) is 44.4 Å². The van der Waals surface area contributed by atoms with Gasteiger partial charge >= 0.3 is 40.5 Å². The van der Waals surface area contributed by atoms with Crippen molar-refractivity contribution in [1.82, 2.24) is 10.2 Å². The van der Waals surface area contributed by atoms with Crippen LogP contribution in [0.2, 0.25) is 0 Å². The van der Waals surface area contributed by atoms with Crippen LogP contribution in [0.4, 0.5) is 13.6 Å². The number of nitrogens with zero attached hydrogens (tertiary/aromatic N) is 1. The van der Waals surface area contributed by atoms with Crippen LogP contribution in [-0.2, 0) is 54.4 Å². The molecule has 2 unspecified atom stereocenters. The van der Waals surface area contributed by atoms with Crippen molar-refractivity contribution in [2.24, 2.45) is 0 Å². The predicted molar refractivity (Wildman–Crippen MR) is 197 cm³/mol. The molecule has 0 aromatic heterocycles. The number of alkyl halides is 2. The Kier molecular flexibility index (Phi) is 19.3. The molecule has 4 N–H and O–H groups in total. The van der Waals surface area contributed by atoms with Gasteiger partial charge in [-0.05, 0) is 56.4 Å². The Morgan fingerprint density at radius 2 is 1.62 bits per heavy atom. The van der Waals surface area contributed by atoms with Crippen LogP contribution in [0.5, 0.6) is 5.75 Å². The fraction of sp³-hybridized carbons (Fsp3) is 0.500. The highest BCUT2D eigenvalue weighted by Crippen LogP contribution is 2.36. The third kappa shape index (κ3) is 16.2. The number of esters is 2. The van der Waals surface area contributed by atoms with Crippen LogP contribution in [0, 0.1) is 0 Å². The van der Waals surface area contributed by atoms with Crippen LogP contribution in [0.3, 0.4) is 0 Å². The van der Waals surface area contributed by atoms with E-state index in [4.69, 9.17) is 24.0 Å². The summed E-state index contributed by atoms with van der Waals surface area (Å²) in [7, 11) is -7.48. The second kappa shape index (κ2) is 23.3. The maximum Gasteiger partial charge on any atom is 0.412 e. The molecule has 3 rings (SSSR count). The molecule has 20 heteroatoms. The Hall–Kier alpha value is -4.02. The molecule has 0 bridgehead atoms. The molecule has 1 heterocycles.